The Morgan fingerprint density at radius 2 is 1.81 bits per heavy atom. The van der Waals surface area contributed by atoms with Crippen LogP contribution in [0.5, 0.6) is 0 Å². The van der Waals surface area contributed by atoms with Gasteiger partial charge in [0, 0.05) is 54.6 Å². The van der Waals surface area contributed by atoms with Crippen LogP contribution in [0.25, 0.3) is 17.0 Å². The second kappa shape index (κ2) is 9.70. The van der Waals surface area contributed by atoms with Crippen molar-refractivity contribution in [3.05, 3.63) is 96.0 Å². The Hall–Kier alpha value is -4.26. The van der Waals surface area contributed by atoms with E-state index in [1.165, 1.54) is 6.08 Å². The van der Waals surface area contributed by atoms with Crippen LogP contribution in [0.1, 0.15) is 21.7 Å². The molecule has 7 heteroatoms. The lowest BCUT2D eigenvalue weighted by molar-refractivity contribution is -0.111. The van der Waals surface area contributed by atoms with Crippen molar-refractivity contribution in [1.29, 1.82) is 0 Å². The Balaban J connectivity index is 1.32. The standard InChI is InChI=1S/C25H23N5O2/c1-30(17-15-19-6-4-5-16-26-19)25(32)18-9-11-20(12-10-18)27-24(31)14-13-23-21-7-2-3-8-22(21)28-29-23/h2-14,16H,15,17H2,1H3,(H,27,31)(H,28,29)/b14-13+. The van der Waals surface area contributed by atoms with E-state index in [9.17, 15) is 9.59 Å². The lowest BCUT2D eigenvalue weighted by Crippen LogP contribution is -2.29. The first-order valence-electron chi connectivity index (χ1n) is 10.3. The number of nitrogens with zero attached hydrogens (tertiary/aromatic N) is 3. The van der Waals surface area contributed by atoms with E-state index in [2.05, 4.69) is 20.5 Å². The molecule has 2 N–H and O–H groups in total. The highest BCUT2D eigenvalue weighted by Gasteiger charge is 2.12. The van der Waals surface area contributed by atoms with Gasteiger partial charge in [-0.05, 0) is 48.5 Å². The first-order valence-corrected chi connectivity index (χ1v) is 10.3. The third-order valence-corrected chi connectivity index (χ3v) is 5.07. The largest absolute Gasteiger partial charge is 0.341 e. The van der Waals surface area contributed by atoms with E-state index in [1.807, 2.05) is 42.5 Å². The molecule has 32 heavy (non-hydrogen) atoms. The molecule has 2 aromatic heterocycles. The molecule has 0 bridgehead atoms. The summed E-state index contributed by atoms with van der Waals surface area (Å²) in [7, 11) is 1.77. The topological polar surface area (TPSA) is 91.0 Å². The summed E-state index contributed by atoms with van der Waals surface area (Å²) < 4.78 is 0. The van der Waals surface area contributed by atoms with Gasteiger partial charge in [0.05, 0.1) is 11.2 Å². The molecule has 0 spiro atoms. The molecule has 4 aromatic rings. The Kier molecular flexibility index (Phi) is 6.36. The van der Waals surface area contributed by atoms with Crippen molar-refractivity contribution < 1.29 is 9.59 Å². The Bertz CT molecular complexity index is 1250. The Labute approximate surface area is 185 Å². The Morgan fingerprint density at radius 3 is 2.59 bits per heavy atom. The summed E-state index contributed by atoms with van der Waals surface area (Å²) in [5, 5.41) is 10.9. The van der Waals surface area contributed by atoms with Crippen LogP contribution in [-0.2, 0) is 11.2 Å². The third kappa shape index (κ3) is 5.07. The summed E-state index contributed by atoms with van der Waals surface area (Å²) >= 11 is 0. The van der Waals surface area contributed by atoms with Gasteiger partial charge in [-0.1, -0.05) is 24.3 Å². The number of anilines is 1. The number of aromatic nitrogens is 3. The van der Waals surface area contributed by atoms with Gasteiger partial charge in [-0.3, -0.25) is 19.7 Å². The molecule has 0 aliphatic rings. The monoisotopic (exact) mass is 425 g/mol. The van der Waals surface area contributed by atoms with Crippen molar-refractivity contribution in [2.45, 2.75) is 6.42 Å². The molecule has 2 amide bonds. The summed E-state index contributed by atoms with van der Waals surface area (Å²) in [6, 6.07) is 20.3. The lowest BCUT2D eigenvalue weighted by atomic mass is 10.1. The molecule has 0 aliphatic heterocycles. The van der Waals surface area contributed by atoms with Crippen molar-refractivity contribution in [2.75, 3.05) is 18.9 Å². The highest BCUT2D eigenvalue weighted by Crippen LogP contribution is 2.16. The van der Waals surface area contributed by atoms with Gasteiger partial charge in [0.2, 0.25) is 5.91 Å². The van der Waals surface area contributed by atoms with Crippen LogP contribution in [-0.4, -0.2) is 45.5 Å². The van der Waals surface area contributed by atoms with Crippen LogP contribution in [0.2, 0.25) is 0 Å². The maximum absolute atomic E-state index is 12.6. The van der Waals surface area contributed by atoms with E-state index >= 15 is 0 Å². The van der Waals surface area contributed by atoms with E-state index in [4.69, 9.17) is 0 Å². The van der Waals surface area contributed by atoms with Crippen LogP contribution in [0.15, 0.2) is 79.0 Å². The number of likely N-dealkylation sites (N-methyl/N-ethyl adjacent to an activating group) is 1. The number of rotatable bonds is 7. The van der Waals surface area contributed by atoms with Gasteiger partial charge in [0.1, 0.15) is 0 Å². The zero-order valence-electron chi connectivity index (χ0n) is 17.7. The lowest BCUT2D eigenvalue weighted by Gasteiger charge is -2.17. The summed E-state index contributed by atoms with van der Waals surface area (Å²) in [5.74, 6) is -0.354. The smallest absolute Gasteiger partial charge is 0.253 e. The molecular formula is C25H23N5O2. The number of hydrogen-bond acceptors (Lipinski definition) is 4. The number of amides is 2. The van der Waals surface area contributed by atoms with Crippen molar-refractivity contribution in [1.82, 2.24) is 20.1 Å². The van der Waals surface area contributed by atoms with Crippen LogP contribution in [0, 0.1) is 0 Å². The number of carbonyl (C=O) groups excluding carboxylic acids is 2. The normalized spacial score (nSPS) is 11.0. The molecule has 2 aromatic carbocycles. The average molecular weight is 425 g/mol. The SMILES string of the molecule is CN(CCc1ccccn1)C(=O)c1ccc(NC(=O)/C=C/c2n[nH]c3ccccc23)cc1. The van der Waals surface area contributed by atoms with Crippen molar-refractivity contribution in [2.24, 2.45) is 0 Å². The second-order valence-corrected chi connectivity index (χ2v) is 7.35. The predicted molar refractivity (Wildman–Crippen MR) is 125 cm³/mol. The molecule has 160 valence electrons. The van der Waals surface area contributed by atoms with Crippen LogP contribution in [0.4, 0.5) is 5.69 Å². The summed E-state index contributed by atoms with van der Waals surface area (Å²) in [6.07, 6.45) is 5.54. The van der Waals surface area contributed by atoms with Gasteiger partial charge in [-0.2, -0.15) is 5.10 Å². The molecule has 0 saturated heterocycles. The van der Waals surface area contributed by atoms with Gasteiger partial charge in [0.15, 0.2) is 0 Å². The fourth-order valence-corrected chi connectivity index (χ4v) is 3.30. The quantitative estimate of drug-likeness (QED) is 0.439. The number of benzene rings is 2. The fourth-order valence-electron chi connectivity index (χ4n) is 3.30. The van der Waals surface area contributed by atoms with E-state index in [0.717, 1.165) is 16.6 Å². The molecule has 0 unspecified atom stereocenters. The van der Waals surface area contributed by atoms with Crippen molar-refractivity contribution in [3.8, 4) is 0 Å². The molecule has 0 radical (unpaired) electrons. The number of pyridine rings is 1. The van der Waals surface area contributed by atoms with Gasteiger partial charge in [-0.25, -0.2) is 0 Å². The number of nitrogens with one attached hydrogen (secondary N) is 2. The minimum absolute atomic E-state index is 0.0795. The maximum atomic E-state index is 12.6. The Morgan fingerprint density at radius 1 is 1.03 bits per heavy atom. The minimum atomic E-state index is -0.274. The number of fused-ring (bicyclic) bond motifs is 1. The highest BCUT2D eigenvalue weighted by atomic mass is 16.2. The van der Waals surface area contributed by atoms with Gasteiger partial charge >= 0.3 is 0 Å². The first-order chi connectivity index (χ1) is 15.6. The van der Waals surface area contributed by atoms with E-state index in [-0.39, 0.29) is 11.8 Å². The summed E-state index contributed by atoms with van der Waals surface area (Å²) in [4.78, 5) is 30.9. The average Bonchev–Trinajstić information content (AvgIpc) is 3.25. The number of para-hydroxylation sites is 1. The molecular weight excluding hydrogens is 402 g/mol. The molecule has 0 fully saturated rings. The molecule has 7 nitrogen and oxygen atoms in total. The zero-order valence-corrected chi connectivity index (χ0v) is 17.7. The summed E-state index contributed by atoms with van der Waals surface area (Å²) in [5.41, 5.74) is 3.73. The second-order valence-electron chi connectivity index (χ2n) is 7.35. The molecule has 0 atom stereocenters. The minimum Gasteiger partial charge on any atom is -0.341 e. The summed E-state index contributed by atoms with van der Waals surface area (Å²) in [6.45, 7) is 0.570. The van der Waals surface area contributed by atoms with E-state index in [1.54, 1.807) is 48.5 Å². The van der Waals surface area contributed by atoms with Gasteiger partial charge in [0.25, 0.3) is 5.91 Å². The maximum Gasteiger partial charge on any atom is 0.253 e. The number of H-pyrrole nitrogens is 1. The van der Waals surface area contributed by atoms with Crippen LogP contribution < -0.4 is 5.32 Å². The van der Waals surface area contributed by atoms with Gasteiger partial charge < -0.3 is 10.2 Å². The zero-order chi connectivity index (χ0) is 22.3. The number of hydrogen-bond donors (Lipinski definition) is 2. The van der Waals surface area contributed by atoms with E-state index in [0.29, 0.717) is 29.9 Å². The van der Waals surface area contributed by atoms with Crippen LogP contribution in [0.3, 0.4) is 0 Å². The molecule has 0 aliphatic carbocycles. The number of carbonyl (C=O) groups is 2. The van der Waals surface area contributed by atoms with Crippen molar-refractivity contribution in [3.63, 3.8) is 0 Å². The molecule has 0 saturated carbocycles. The predicted octanol–water partition coefficient (Wildman–Crippen LogP) is 3.92. The molecule has 2 heterocycles. The van der Waals surface area contributed by atoms with E-state index < -0.39 is 0 Å². The highest BCUT2D eigenvalue weighted by molar-refractivity contribution is 6.03. The first kappa shape index (κ1) is 21.0. The van der Waals surface area contributed by atoms with Gasteiger partial charge in [-0.15, -0.1) is 0 Å². The third-order valence-electron chi connectivity index (χ3n) is 5.07. The molecule has 4 rings (SSSR count). The fraction of sp³-hybridized carbons (Fsp3) is 0.120. The van der Waals surface area contributed by atoms with Crippen molar-refractivity contribution >= 4 is 34.5 Å². The van der Waals surface area contributed by atoms with Crippen LogP contribution >= 0.6 is 0 Å². The number of aromatic amines is 1.